The molecule has 1 aliphatic heterocycles. The third-order valence-corrected chi connectivity index (χ3v) is 1.96. The van der Waals surface area contributed by atoms with Crippen molar-refractivity contribution in [3.8, 4) is 0 Å². The molecule has 1 rings (SSSR count). The van der Waals surface area contributed by atoms with E-state index in [1.54, 1.807) is 12.5 Å². The molecule has 4 heteroatoms. The van der Waals surface area contributed by atoms with Gasteiger partial charge in [0.2, 0.25) is 6.29 Å². The number of thioether (sulfide) groups is 1. The van der Waals surface area contributed by atoms with Gasteiger partial charge in [-0.3, -0.25) is 10.5 Å². The third kappa shape index (κ3) is 1.46. The molecule has 1 radical (unpaired) electrons. The highest BCUT2D eigenvalue weighted by Gasteiger charge is 2.25. The highest BCUT2D eigenvalue weighted by Crippen LogP contribution is 2.24. The van der Waals surface area contributed by atoms with Crippen molar-refractivity contribution in [3.63, 3.8) is 0 Å². The Morgan fingerprint density at radius 2 is 2.67 bits per heavy atom. The van der Waals surface area contributed by atoms with Crippen LogP contribution in [0.4, 0.5) is 0 Å². The molecular formula is C5H7N2OS. The fourth-order valence-corrected chi connectivity index (χ4v) is 1.22. The van der Waals surface area contributed by atoms with Crippen LogP contribution < -0.4 is 11.1 Å². The second kappa shape index (κ2) is 2.41. The SMILES string of the molecule is NC1(C[C]=O)NC=CS1. The molecule has 0 amide bonds. The molecule has 0 aromatic carbocycles. The number of nitrogens with two attached hydrogens (primary N) is 1. The van der Waals surface area contributed by atoms with Gasteiger partial charge in [-0.15, -0.1) is 0 Å². The lowest BCUT2D eigenvalue weighted by Crippen LogP contribution is -2.45. The average Bonchev–Trinajstić information content (AvgIpc) is 2.16. The van der Waals surface area contributed by atoms with Gasteiger partial charge in [-0.1, -0.05) is 11.8 Å². The first-order chi connectivity index (χ1) is 4.27. The summed E-state index contributed by atoms with van der Waals surface area (Å²) in [6.07, 6.45) is 3.69. The maximum absolute atomic E-state index is 9.88. The van der Waals surface area contributed by atoms with Gasteiger partial charge in [-0.05, 0) is 5.41 Å². The van der Waals surface area contributed by atoms with Crippen LogP contribution in [-0.4, -0.2) is 11.3 Å². The molecule has 0 aromatic rings. The highest BCUT2D eigenvalue weighted by molar-refractivity contribution is 8.03. The van der Waals surface area contributed by atoms with Crippen molar-refractivity contribution in [3.05, 3.63) is 11.6 Å². The minimum Gasteiger partial charge on any atom is -0.364 e. The van der Waals surface area contributed by atoms with Gasteiger partial charge in [0.1, 0.15) is 4.99 Å². The Morgan fingerprint density at radius 3 is 3.11 bits per heavy atom. The van der Waals surface area contributed by atoms with Crippen LogP contribution in [0.3, 0.4) is 0 Å². The number of rotatable bonds is 2. The van der Waals surface area contributed by atoms with Gasteiger partial charge in [-0.2, -0.15) is 0 Å². The molecule has 3 N–H and O–H groups in total. The minimum absolute atomic E-state index is 0.213. The van der Waals surface area contributed by atoms with Crippen LogP contribution in [0.2, 0.25) is 0 Å². The van der Waals surface area contributed by atoms with E-state index in [-0.39, 0.29) is 6.42 Å². The molecule has 1 unspecified atom stereocenters. The van der Waals surface area contributed by atoms with E-state index in [4.69, 9.17) is 5.73 Å². The molecule has 3 nitrogen and oxygen atoms in total. The molecule has 0 aliphatic carbocycles. The molecule has 0 saturated heterocycles. The Morgan fingerprint density at radius 1 is 1.89 bits per heavy atom. The Bertz CT molecular complexity index is 138. The van der Waals surface area contributed by atoms with E-state index in [0.29, 0.717) is 0 Å². The molecule has 0 fully saturated rings. The van der Waals surface area contributed by atoms with Crippen molar-refractivity contribution in [1.29, 1.82) is 0 Å². The smallest absolute Gasteiger partial charge is 0.203 e. The summed E-state index contributed by atoms with van der Waals surface area (Å²) in [5.41, 5.74) is 5.60. The topological polar surface area (TPSA) is 55.1 Å². The van der Waals surface area contributed by atoms with E-state index in [1.807, 2.05) is 5.41 Å². The molecule has 1 aliphatic rings. The van der Waals surface area contributed by atoms with Crippen LogP contribution in [0.25, 0.3) is 0 Å². The van der Waals surface area contributed by atoms with Crippen molar-refractivity contribution in [2.24, 2.45) is 5.73 Å². The van der Waals surface area contributed by atoms with Gasteiger partial charge in [0.25, 0.3) is 0 Å². The number of hydrogen-bond donors (Lipinski definition) is 2. The van der Waals surface area contributed by atoms with Crippen LogP contribution in [-0.2, 0) is 4.79 Å². The highest BCUT2D eigenvalue weighted by atomic mass is 32.2. The molecular weight excluding hydrogens is 136 g/mol. The summed E-state index contributed by atoms with van der Waals surface area (Å²) in [5.74, 6) is 0. The second-order valence-corrected chi connectivity index (χ2v) is 3.01. The maximum Gasteiger partial charge on any atom is 0.203 e. The van der Waals surface area contributed by atoms with Crippen molar-refractivity contribution < 1.29 is 4.79 Å². The zero-order valence-electron chi connectivity index (χ0n) is 4.76. The van der Waals surface area contributed by atoms with Crippen molar-refractivity contribution in [2.75, 3.05) is 0 Å². The Kier molecular flexibility index (Phi) is 1.78. The van der Waals surface area contributed by atoms with Crippen LogP contribution in [0.5, 0.6) is 0 Å². The first-order valence-electron chi connectivity index (χ1n) is 2.51. The normalized spacial score (nSPS) is 32.1. The first-order valence-corrected chi connectivity index (χ1v) is 3.39. The fourth-order valence-electron chi connectivity index (χ4n) is 0.564. The predicted octanol–water partition coefficient (Wildman–Crippen LogP) is -0.0937. The maximum atomic E-state index is 9.88. The Labute approximate surface area is 57.7 Å². The Hall–Kier alpha value is -0.480. The Balaban J connectivity index is 2.44. The van der Waals surface area contributed by atoms with Crippen molar-refractivity contribution in [1.82, 2.24) is 5.32 Å². The molecule has 9 heavy (non-hydrogen) atoms. The van der Waals surface area contributed by atoms with Gasteiger partial charge in [-0.25, -0.2) is 0 Å². The summed E-state index contributed by atoms with van der Waals surface area (Å²) < 4.78 is 0. The number of carbonyl (C=O) groups excluding carboxylic acids is 1. The monoisotopic (exact) mass is 143 g/mol. The zero-order valence-corrected chi connectivity index (χ0v) is 5.57. The van der Waals surface area contributed by atoms with Crippen LogP contribution >= 0.6 is 11.8 Å². The van der Waals surface area contributed by atoms with Gasteiger partial charge in [0.15, 0.2) is 0 Å². The van der Waals surface area contributed by atoms with Crippen LogP contribution in [0, 0.1) is 0 Å². The van der Waals surface area contributed by atoms with E-state index >= 15 is 0 Å². The number of nitrogens with one attached hydrogen (secondary N) is 1. The summed E-state index contributed by atoms with van der Waals surface area (Å²) in [7, 11) is 0. The lowest BCUT2D eigenvalue weighted by molar-refractivity contribution is 0.517. The lowest BCUT2D eigenvalue weighted by atomic mass is 10.4. The molecule has 49 valence electrons. The van der Waals surface area contributed by atoms with Gasteiger partial charge in [0, 0.05) is 6.20 Å². The third-order valence-electron chi connectivity index (χ3n) is 1.01. The van der Waals surface area contributed by atoms with Crippen molar-refractivity contribution >= 4 is 18.0 Å². The summed E-state index contributed by atoms with van der Waals surface area (Å²) in [5, 5.41) is 4.65. The van der Waals surface area contributed by atoms with Gasteiger partial charge < -0.3 is 5.32 Å². The summed E-state index contributed by atoms with van der Waals surface area (Å²) >= 11 is 1.39. The van der Waals surface area contributed by atoms with Crippen molar-refractivity contribution in [2.45, 2.75) is 11.4 Å². The number of hydrogen-bond acceptors (Lipinski definition) is 4. The standard InChI is InChI=1S/C5H7N2OS/c6-5(1-3-8)7-2-4-9-5/h2,4,7H,1,6H2. The summed E-state index contributed by atoms with van der Waals surface area (Å²) in [6, 6.07) is 0. The molecule has 0 bridgehead atoms. The quantitative estimate of drug-likeness (QED) is 0.567. The van der Waals surface area contributed by atoms with E-state index in [9.17, 15) is 4.79 Å². The van der Waals surface area contributed by atoms with Gasteiger partial charge >= 0.3 is 0 Å². The second-order valence-electron chi connectivity index (χ2n) is 1.78. The molecule has 0 aromatic heterocycles. The van der Waals surface area contributed by atoms with E-state index in [0.717, 1.165) is 0 Å². The largest absolute Gasteiger partial charge is 0.364 e. The van der Waals surface area contributed by atoms with Crippen LogP contribution in [0.15, 0.2) is 11.6 Å². The molecule has 0 saturated carbocycles. The first kappa shape index (κ1) is 6.64. The summed E-state index contributed by atoms with van der Waals surface area (Å²) in [6.45, 7) is 0. The molecule has 0 spiro atoms. The lowest BCUT2D eigenvalue weighted by Gasteiger charge is -2.19. The fraction of sp³-hybridized carbons (Fsp3) is 0.400. The zero-order chi connectivity index (χ0) is 6.74. The van der Waals surface area contributed by atoms with Gasteiger partial charge in [0.05, 0.1) is 6.42 Å². The van der Waals surface area contributed by atoms with Crippen LogP contribution in [0.1, 0.15) is 6.42 Å². The van der Waals surface area contributed by atoms with E-state index < -0.39 is 4.99 Å². The minimum atomic E-state index is -0.623. The molecule has 1 heterocycles. The van der Waals surface area contributed by atoms with E-state index in [1.165, 1.54) is 11.8 Å². The molecule has 1 atom stereocenters. The van der Waals surface area contributed by atoms with E-state index in [2.05, 4.69) is 5.32 Å². The predicted molar refractivity (Wildman–Crippen MR) is 37.1 cm³/mol. The summed E-state index contributed by atoms with van der Waals surface area (Å²) in [4.78, 5) is 9.26. The average molecular weight is 143 g/mol.